The molecule has 100 valence electrons. The van der Waals surface area contributed by atoms with Gasteiger partial charge in [0.05, 0.1) is 12.3 Å². The second-order valence-electron chi connectivity index (χ2n) is 5.04. The van der Waals surface area contributed by atoms with E-state index < -0.39 is 0 Å². The molecular weight excluding hydrogens is 226 g/mol. The van der Waals surface area contributed by atoms with Crippen molar-refractivity contribution < 1.29 is 5.11 Å². The largest absolute Gasteiger partial charge is 0.395 e. The van der Waals surface area contributed by atoms with Gasteiger partial charge < -0.3 is 10.8 Å². The highest BCUT2D eigenvalue weighted by Crippen LogP contribution is 2.23. The van der Waals surface area contributed by atoms with Crippen LogP contribution >= 0.6 is 0 Å². The Morgan fingerprint density at radius 3 is 2.72 bits per heavy atom. The van der Waals surface area contributed by atoms with Crippen molar-refractivity contribution in [3.8, 4) is 0 Å². The summed E-state index contributed by atoms with van der Waals surface area (Å²) < 4.78 is 0. The number of aromatic nitrogens is 1. The van der Waals surface area contributed by atoms with Gasteiger partial charge in [-0.3, -0.25) is 4.90 Å². The minimum absolute atomic E-state index is 0.207. The van der Waals surface area contributed by atoms with Gasteiger partial charge in [-0.25, -0.2) is 4.98 Å². The fourth-order valence-electron chi connectivity index (χ4n) is 2.76. The highest BCUT2D eigenvalue weighted by atomic mass is 16.3. The molecule has 0 amide bonds. The van der Waals surface area contributed by atoms with Crippen LogP contribution in [-0.2, 0) is 6.54 Å². The molecule has 1 saturated carbocycles. The van der Waals surface area contributed by atoms with Gasteiger partial charge in [-0.15, -0.1) is 0 Å². The Morgan fingerprint density at radius 2 is 2.06 bits per heavy atom. The van der Waals surface area contributed by atoms with E-state index in [1.165, 1.54) is 32.1 Å². The molecule has 0 aromatic carbocycles. The van der Waals surface area contributed by atoms with Crippen LogP contribution in [0.4, 0.5) is 5.82 Å². The van der Waals surface area contributed by atoms with E-state index in [9.17, 15) is 5.11 Å². The first-order valence-corrected chi connectivity index (χ1v) is 6.86. The smallest absolute Gasteiger partial charge is 0.123 e. The van der Waals surface area contributed by atoms with Gasteiger partial charge in [-0.05, 0) is 25.0 Å². The first-order valence-electron chi connectivity index (χ1n) is 6.86. The summed E-state index contributed by atoms with van der Waals surface area (Å²) in [7, 11) is 0. The Balaban J connectivity index is 2.00. The van der Waals surface area contributed by atoms with Crippen LogP contribution in [0.1, 0.15) is 37.8 Å². The average Bonchev–Trinajstić information content (AvgIpc) is 2.39. The van der Waals surface area contributed by atoms with Crippen LogP contribution in [-0.4, -0.2) is 34.2 Å². The van der Waals surface area contributed by atoms with Crippen LogP contribution in [0.5, 0.6) is 0 Å². The first kappa shape index (κ1) is 13.3. The third-order valence-corrected chi connectivity index (χ3v) is 3.67. The monoisotopic (exact) mass is 249 g/mol. The number of hydrogen-bond donors (Lipinski definition) is 2. The van der Waals surface area contributed by atoms with Gasteiger partial charge in [-0.2, -0.15) is 0 Å². The molecule has 3 N–H and O–H groups in total. The number of rotatable bonds is 5. The van der Waals surface area contributed by atoms with Gasteiger partial charge in [-0.1, -0.05) is 25.3 Å². The normalized spacial score (nSPS) is 17.2. The number of hydrogen-bond acceptors (Lipinski definition) is 4. The summed E-state index contributed by atoms with van der Waals surface area (Å²) >= 11 is 0. The van der Waals surface area contributed by atoms with Crippen LogP contribution in [0, 0.1) is 0 Å². The second-order valence-corrected chi connectivity index (χ2v) is 5.04. The molecular formula is C14H23N3O. The molecule has 0 radical (unpaired) electrons. The Labute approximate surface area is 109 Å². The summed E-state index contributed by atoms with van der Waals surface area (Å²) in [5.41, 5.74) is 6.70. The van der Waals surface area contributed by atoms with Gasteiger partial charge in [0.1, 0.15) is 5.82 Å². The van der Waals surface area contributed by atoms with Crippen molar-refractivity contribution in [2.24, 2.45) is 0 Å². The molecule has 0 atom stereocenters. The molecule has 1 aromatic rings. The molecule has 2 rings (SSSR count). The van der Waals surface area contributed by atoms with Crippen molar-refractivity contribution in [1.82, 2.24) is 9.88 Å². The Morgan fingerprint density at radius 1 is 1.28 bits per heavy atom. The van der Waals surface area contributed by atoms with Gasteiger partial charge in [0.15, 0.2) is 0 Å². The van der Waals surface area contributed by atoms with Gasteiger partial charge >= 0.3 is 0 Å². The first-order chi connectivity index (χ1) is 8.79. The van der Waals surface area contributed by atoms with E-state index in [2.05, 4.69) is 9.88 Å². The van der Waals surface area contributed by atoms with Crippen molar-refractivity contribution in [2.45, 2.75) is 44.7 Å². The molecule has 0 spiro atoms. The van der Waals surface area contributed by atoms with Gasteiger partial charge in [0, 0.05) is 19.1 Å². The van der Waals surface area contributed by atoms with E-state index in [1.54, 1.807) is 6.07 Å². The third kappa shape index (κ3) is 3.68. The van der Waals surface area contributed by atoms with Crippen LogP contribution in [0.25, 0.3) is 0 Å². The van der Waals surface area contributed by atoms with E-state index in [-0.39, 0.29) is 6.61 Å². The predicted molar refractivity (Wildman–Crippen MR) is 73.0 cm³/mol. The standard InChI is InChI=1S/C14H23N3O/c15-14-8-4-5-12(16-14)11-17(9-10-18)13-6-2-1-3-7-13/h4-5,8,13,18H,1-3,6-7,9-11H2,(H2,15,16). The molecule has 1 heterocycles. The van der Waals surface area contributed by atoms with Crippen molar-refractivity contribution >= 4 is 5.82 Å². The summed E-state index contributed by atoms with van der Waals surface area (Å²) in [4.78, 5) is 6.69. The lowest BCUT2D eigenvalue weighted by Gasteiger charge is -2.33. The second kappa shape index (κ2) is 6.71. The molecule has 4 nitrogen and oxygen atoms in total. The maximum absolute atomic E-state index is 9.21. The summed E-state index contributed by atoms with van der Waals surface area (Å²) in [6.45, 7) is 1.72. The number of nitrogen functional groups attached to an aromatic ring is 1. The van der Waals surface area contributed by atoms with Crippen LogP contribution in [0.2, 0.25) is 0 Å². The number of nitrogens with two attached hydrogens (primary N) is 1. The van der Waals surface area contributed by atoms with E-state index in [0.29, 0.717) is 11.9 Å². The number of pyridine rings is 1. The predicted octanol–water partition coefficient (Wildman–Crippen LogP) is 1.79. The zero-order valence-corrected chi connectivity index (χ0v) is 10.9. The Kier molecular flexibility index (Phi) is 4.96. The molecule has 18 heavy (non-hydrogen) atoms. The van der Waals surface area contributed by atoms with Crippen LogP contribution < -0.4 is 5.73 Å². The molecule has 1 fully saturated rings. The SMILES string of the molecule is Nc1cccc(CN(CCO)C2CCCCC2)n1. The fraction of sp³-hybridized carbons (Fsp3) is 0.643. The van der Waals surface area contributed by atoms with Crippen LogP contribution in [0.15, 0.2) is 18.2 Å². The summed E-state index contributed by atoms with van der Waals surface area (Å²) in [6, 6.07) is 6.34. The minimum Gasteiger partial charge on any atom is -0.395 e. The third-order valence-electron chi connectivity index (χ3n) is 3.67. The molecule has 0 saturated heterocycles. The molecule has 0 aliphatic heterocycles. The lowest BCUT2D eigenvalue weighted by molar-refractivity contribution is 0.116. The average molecular weight is 249 g/mol. The van der Waals surface area contributed by atoms with Crippen molar-refractivity contribution in [1.29, 1.82) is 0 Å². The highest BCUT2D eigenvalue weighted by Gasteiger charge is 2.21. The number of anilines is 1. The highest BCUT2D eigenvalue weighted by molar-refractivity contribution is 5.28. The number of nitrogens with zero attached hydrogens (tertiary/aromatic N) is 2. The zero-order chi connectivity index (χ0) is 12.8. The topological polar surface area (TPSA) is 62.4 Å². The number of aliphatic hydroxyl groups is 1. The molecule has 1 aromatic heterocycles. The van der Waals surface area contributed by atoms with E-state index >= 15 is 0 Å². The quantitative estimate of drug-likeness (QED) is 0.835. The lowest BCUT2D eigenvalue weighted by atomic mass is 9.94. The van der Waals surface area contributed by atoms with E-state index in [4.69, 9.17) is 5.73 Å². The van der Waals surface area contributed by atoms with E-state index in [1.807, 2.05) is 12.1 Å². The Hall–Kier alpha value is -1.13. The number of aliphatic hydroxyl groups excluding tert-OH is 1. The molecule has 0 unspecified atom stereocenters. The lowest BCUT2D eigenvalue weighted by Crippen LogP contribution is -2.38. The Bertz CT molecular complexity index is 364. The summed E-state index contributed by atoms with van der Waals surface area (Å²) in [6.07, 6.45) is 6.43. The maximum Gasteiger partial charge on any atom is 0.123 e. The summed E-state index contributed by atoms with van der Waals surface area (Å²) in [5, 5.41) is 9.21. The van der Waals surface area contributed by atoms with Crippen LogP contribution in [0.3, 0.4) is 0 Å². The van der Waals surface area contributed by atoms with Gasteiger partial charge in [0.25, 0.3) is 0 Å². The van der Waals surface area contributed by atoms with Crippen molar-refractivity contribution in [3.05, 3.63) is 23.9 Å². The molecule has 4 heteroatoms. The van der Waals surface area contributed by atoms with Gasteiger partial charge in [0.2, 0.25) is 0 Å². The zero-order valence-electron chi connectivity index (χ0n) is 10.9. The molecule has 1 aliphatic rings. The maximum atomic E-state index is 9.21. The fourth-order valence-corrected chi connectivity index (χ4v) is 2.76. The molecule has 1 aliphatic carbocycles. The molecule has 0 bridgehead atoms. The van der Waals surface area contributed by atoms with Crippen molar-refractivity contribution in [2.75, 3.05) is 18.9 Å². The van der Waals surface area contributed by atoms with E-state index in [0.717, 1.165) is 18.8 Å². The summed E-state index contributed by atoms with van der Waals surface area (Å²) in [5.74, 6) is 0.570. The van der Waals surface area contributed by atoms with Crippen molar-refractivity contribution in [3.63, 3.8) is 0 Å². The minimum atomic E-state index is 0.207.